The number of amides is 1. The van der Waals surface area contributed by atoms with Crippen LogP contribution < -0.4 is 5.32 Å². The van der Waals surface area contributed by atoms with Crippen molar-refractivity contribution in [1.82, 2.24) is 0 Å². The van der Waals surface area contributed by atoms with Crippen molar-refractivity contribution in [3.05, 3.63) is 16.3 Å². The van der Waals surface area contributed by atoms with Crippen molar-refractivity contribution in [3.8, 4) is 0 Å². The number of aromatic carboxylic acids is 1. The molecule has 1 unspecified atom stereocenters. The van der Waals surface area contributed by atoms with Gasteiger partial charge in [0.25, 0.3) is 0 Å². The minimum absolute atomic E-state index is 0.157. The molecule has 1 amide bonds. The Morgan fingerprint density at radius 3 is 3.00 bits per heavy atom. The zero-order chi connectivity index (χ0) is 13.7. The van der Waals surface area contributed by atoms with Gasteiger partial charge < -0.3 is 15.2 Å². The molecule has 1 fully saturated rings. The molecule has 0 radical (unpaired) electrons. The van der Waals surface area contributed by atoms with Crippen LogP contribution in [-0.4, -0.2) is 29.7 Å². The van der Waals surface area contributed by atoms with Crippen molar-refractivity contribution in [2.45, 2.75) is 38.2 Å². The van der Waals surface area contributed by atoms with Gasteiger partial charge in [0.2, 0.25) is 5.91 Å². The van der Waals surface area contributed by atoms with Gasteiger partial charge in [-0.1, -0.05) is 0 Å². The SMILES string of the molecule is O=C(CCC1CCCCO1)Nc1ccsc1C(=O)O. The van der Waals surface area contributed by atoms with Crippen LogP contribution in [0.3, 0.4) is 0 Å². The standard InChI is InChI=1S/C13H17NO4S/c15-11(5-4-9-3-1-2-7-18-9)14-10-6-8-19-12(10)13(16)17/h6,8-9H,1-5,7H2,(H,14,15)(H,16,17). The van der Waals surface area contributed by atoms with Crippen LogP contribution in [0.15, 0.2) is 11.4 Å². The maximum Gasteiger partial charge on any atom is 0.348 e. The second-order valence-corrected chi connectivity index (χ2v) is 5.46. The minimum atomic E-state index is -1.01. The van der Waals surface area contributed by atoms with Gasteiger partial charge in [-0.25, -0.2) is 4.79 Å². The van der Waals surface area contributed by atoms with Gasteiger partial charge in [-0.15, -0.1) is 11.3 Å². The van der Waals surface area contributed by atoms with E-state index in [-0.39, 0.29) is 16.9 Å². The number of anilines is 1. The number of thiophene rings is 1. The number of hydrogen-bond acceptors (Lipinski definition) is 4. The molecule has 1 aromatic heterocycles. The molecule has 0 aliphatic carbocycles. The van der Waals surface area contributed by atoms with E-state index in [9.17, 15) is 9.59 Å². The molecular formula is C13H17NO4S. The molecule has 0 saturated carbocycles. The Morgan fingerprint density at radius 2 is 2.32 bits per heavy atom. The minimum Gasteiger partial charge on any atom is -0.477 e. The molecule has 0 bridgehead atoms. The van der Waals surface area contributed by atoms with E-state index in [4.69, 9.17) is 9.84 Å². The van der Waals surface area contributed by atoms with Crippen molar-refractivity contribution in [1.29, 1.82) is 0 Å². The smallest absolute Gasteiger partial charge is 0.348 e. The summed E-state index contributed by atoms with van der Waals surface area (Å²) < 4.78 is 5.55. The van der Waals surface area contributed by atoms with E-state index in [0.29, 0.717) is 18.5 Å². The van der Waals surface area contributed by atoms with Gasteiger partial charge in [0.05, 0.1) is 11.8 Å². The summed E-state index contributed by atoms with van der Waals surface area (Å²) in [6.45, 7) is 0.778. The third-order valence-electron chi connectivity index (χ3n) is 3.10. The van der Waals surface area contributed by atoms with E-state index >= 15 is 0 Å². The summed E-state index contributed by atoms with van der Waals surface area (Å²) in [5.74, 6) is -1.17. The van der Waals surface area contributed by atoms with E-state index in [0.717, 1.165) is 37.2 Å². The Bertz CT molecular complexity index is 451. The zero-order valence-corrected chi connectivity index (χ0v) is 11.4. The maximum absolute atomic E-state index is 11.8. The first kappa shape index (κ1) is 14.0. The van der Waals surface area contributed by atoms with Crippen molar-refractivity contribution in [3.63, 3.8) is 0 Å². The molecule has 104 valence electrons. The summed E-state index contributed by atoms with van der Waals surface area (Å²) in [7, 11) is 0. The Labute approximate surface area is 115 Å². The molecule has 2 N–H and O–H groups in total. The second kappa shape index (κ2) is 6.68. The van der Waals surface area contributed by atoms with Crippen LogP contribution in [-0.2, 0) is 9.53 Å². The van der Waals surface area contributed by atoms with Crippen LogP contribution in [0.5, 0.6) is 0 Å². The first-order valence-corrected chi connectivity index (χ1v) is 7.27. The molecule has 5 nitrogen and oxygen atoms in total. The monoisotopic (exact) mass is 283 g/mol. The van der Waals surface area contributed by atoms with Gasteiger partial charge in [-0.05, 0) is 37.1 Å². The Balaban J connectivity index is 1.80. The fourth-order valence-electron chi connectivity index (χ4n) is 2.11. The number of rotatable bonds is 5. The summed E-state index contributed by atoms with van der Waals surface area (Å²) >= 11 is 1.11. The van der Waals surface area contributed by atoms with Gasteiger partial charge >= 0.3 is 5.97 Å². The molecule has 0 spiro atoms. The second-order valence-electron chi connectivity index (χ2n) is 4.54. The van der Waals surface area contributed by atoms with Crippen LogP contribution >= 0.6 is 11.3 Å². The highest BCUT2D eigenvalue weighted by Gasteiger charge is 2.17. The molecule has 1 saturated heterocycles. The average Bonchev–Trinajstić information content (AvgIpc) is 2.86. The highest BCUT2D eigenvalue weighted by atomic mass is 32.1. The molecule has 2 rings (SSSR count). The topological polar surface area (TPSA) is 75.6 Å². The van der Waals surface area contributed by atoms with Gasteiger partial charge in [-0.3, -0.25) is 4.79 Å². The van der Waals surface area contributed by atoms with Crippen LogP contribution in [0.1, 0.15) is 41.8 Å². The number of carboxylic acids is 1. The summed E-state index contributed by atoms with van der Waals surface area (Å²) in [6, 6.07) is 1.61. The molecule has 1 aliphatic heterocycles. The number of carboxylic acid groups (broad SMARTS) is 1. The lowest BCUT2D eigenvalue weighted by molar-refractivity contribution is -0.117. The van der Waals surface area contributed by atoms with Gasteiger partial charge in [-0.2, -0.15) is 0 Å². The highest BCUT2D eigenvalue weighted by Crippen LogP contribution is 2.23. The van der Waals surface area contributed by atoms with Crippen molar-refractivity contribution >= 4 is 28.9 Å². The largest absolute Gasteiger partial charge is 0.477 e. The van der Waals surface area contributed by atoms with E-state index < -0.39 is 5.97 Å². The van der Waals surface area contributed by atoms with Crippen molar-refractivity contribution < 1.29 is 19.4 Å². The van der Waals surface area contributed by atoms with Crippen LogP contribution in [0.25, 0.3) is 0 Å². The van der Waals surface area contributed by atoms with Gasteiger partial charge in [0.15, 0.2) is 0 Å². The Morgan fingerprint density at radius 1 is 1.47 bits per heavy atom. The van der Waals surface area contributed by atoms with Gasteiger partial charge in [0, 0.05) is 13.0 Å². The fourth-order valence-corrected chi connectivity index (χ4v) is 2.80. The average molecular weight is 283 g/mol. The van der Waals surface area contributed by atoms with Crippen molar-refractivity contribution in [2.75, 3.05) is 11.9 Å². The summed E-state index contributed by atoms with van der Waals surface area (Å²) in [4.78, 5) is 22.9. The molecule has 1 atom stereocenters. The van der Waals surface area contributed by atoms with Crippen molar-refractivity contribution in [2.24, 2.45) is 0 Å². The Hall–Kier alpha value is -1.40. The number of carbonyl (C=O) groups excluding carboxylic acids is 1. The van der Waals surface area contributed by atoms with Crippen LogP contribution in [0.2, 0.25) is 0 Å². The maximum atomic E-state index is 11.8. The fraction of sp³-hybridized carbons (Fsp3) is 0.538. The lowest BCUT2D eigenvalue weighted by Gasteiger charge is -2.22. The third kappa shape index (κ3) is 4.04. The summed E-state index contributed by atoms with van der Waals surface area (Å²) in [5, 5.41) is 13.2. The van der Waals surface area contributed by atoms with Crippen LogP contribution in [0, 0.1) is 0 Å². The molecule has 1 aromatic rings. The first-order valence-electron chi connectivity index (χ1n) is 6.39. The zero-order valence-electron chi connectivity index (χ0n) is 10.6. The number of hydrogen-bond donors (Lipinski definition) is 2. The predicted octanol–water partition coefficient (Wildman–Crippen LogP) is 2.73. The third-order valence-corrected chi connectivity index (χ3v) is 4.00. The molecule has 2 heterocycles. The van der Waals surface area contributed by atoms with E-state index in [1.165, 1.54) is 0 Å². The van der Waals surface area contributed by atoms with E-state index in [1.54, 1.807) is 11.4 Å². The number of ether oxygens (including phenoxy) is 1. The predicted molar refractivity (Wildman–Crippen MR) is 72.7 cm³/mol. The van der Waals surface area contributed by atoms with E-state index in [1.807, 2.05) is 0 Å². The molecule has 19 heavy (non-hydrogen) atoms. The van der Waals surface area contributed by atoms with E-state index in [2.05, 4.69) is 5.32 Å². The molecular weight excluding hydrogens is 266 g/mol. The lowest BCUT2D eigenvalue weighted by Crippen LogP contribution is -2.22. The molecule has 6 heteroatoms. The summed E-state index contributed by atoms with van der Waals surface area (Å²) in [5.41, 5.74) is 0.382. The van der Waals surface area contributed by atoms with Gasteiger partial charge in [0.1, 0.15) is 4.88 Å². The first-order chi connectivity index (χ1) is 9.16. The van der Waals surface area contributed by atoms with Crippen LogP contribution in [0.4, 0.5) is 5.69 Å². The molecule has 0 aromatic carbocycles. The highest BCUT2D eigenvalue weighted by molar-refractivity contribution is 7.12. The quantitative estimate of drug-likeness (QED) is 0.871. The normalized spacial score (nSPS) is 19.1. The molecule has 1 aliphatic rings. The number of nitrogens with one attached hydrogen (secondary N) is 1. The summed E-state index contributed by atoms with van der Waals surface area (Å²) in [6.07, 6.45) is 4.48. The lowest BCUT2D eigenvalue weighted by atomic mass is 10.0. The number of carbonyl (C=O) groups is 2. The Kier molecular flexibility index (Phi) is 4.93.